The summed E-state index contributed by atoms with van der Waals surface area (Å²) in [7, 11) is 1.61. The van der Waals surface area contributed by atoms with Gasteiger partial charge in [0, 0.05) is 13.1 Å². The Balaban J connectivity index is 2.37. The second-order valence-corrected chi connectivity index (χ2v) is 5.62. The van der Waals surface area contributed by atoms with Crippen LogP contribution in [0.3, 0.4) is 0 Å². The maximum Gasteiger partial charge on any atom is 0.254 e. The van der Waals surface area contributed by atoms with E-state index in [0.29, 0.717) is 5.56 Å². The lowest BCUT2D eigenvalue weighted by Crippen LogP contribution is -2.30. The Labute approximate surface area is 135 Å². The molecule has 23 heavy (non-hydrogen) atoms. The van der Waals surface area contributed by atoms with Gasteiger partial charge in [-0.25, -0.2) is 4.39 Å². The van der Waals surface area contributed by atoms with E-state index in [1.54, 1.807) is 13.1 Å². The quantitative estimate of drug-likeness (QED) is 0.820. The first kappa shape index (κ1) is 16.8. The van der Waals surface area contributed by atoms with Crippen LogP contribution >= 0.6 is 0 Å². The summed E-state index contributed by atoms with van der Waals surface area (Å²) >= 11 is 0. The Morgan fingerprint density at radius 2 is 1.78 bits per heavy atom. The van der Waals surface area contributed by atoms with Crippen LogP contribution in [0, 0.1) is 12.7 Å². The van der Waals surface area contributed by atoms with Gasteiger partial charge in [0.15, 0.2) is 0 Å². The molecule has 4 nitrogen and oxygen atoms in total. The van der Waals surface area contributed by atoms with Crippen LogP contribution in [0.1, 0.15) is 29.8 Å². The fraction of sp³-hybridized carbons (Fsp3) is 0.278. The summed E-state index contributed by atoms with van der Waals surface area (Å²) in [6.07, 6.45) is 0. The second-order valence-electron chi connectivity index (χ2n) is 5.62. The molecule has 0 saturated carbocycles. The lowest BCUT2D eigenvalue weighted by Gasteiger charge is -2.10. The van der Waals surface area contributed by atoms with Crippen molar-refractivity contribution < 1.29 is 9.18 Å². The van der Waals surface area contributed by atoms with Crippen molar-refractivity contribution in [3.05, 3.63) is 53.3 Å². The molecule has 1 N–H and O–H groups in total. The van der Waals surface area contributed by atoms with E-state index < -0.39 is 11.7 Å². The molecule has 0 aliphatic rings. The number of azo groups is 1. The first-order chi connectivity index (χ1) is 10.9. The summed E-state index contributed by atoms with van der Waals surface area (Å²) in [5.74, 6) is -0.951. The summed E-state index contributed by atoms with van der Waals surface area (Å²) in [5, 5.41) is 10.5. The number of hydrogen-bond donors (Lipinski definition) is 1. The van der Waals surface area contributed by atoms with E-state index in [1.165, 1.54) is 12.1 Å². The Kier molecular flexibility index (Phi) is 5.21. The number of hydrogen-bond acceptors (Lipinski definition) is 3. The highest BCUT2D eigenvalue weighted by Gasteiger charge is 2.13. The topological polar surface area (TPSA) is 53.8 Å². The maximum atomic E-state index is 14.3. The fourth-order valence-electron chi connectivity index (χ4n) is 2.22. The van der Waals surface area contributed by atoms with Crippen LogP contribution in [-0.2, 0) is 0 Å². The molecule has 0 unspecified atom stereocenters. The lowest BCUT2D eigenvalue weighted by molar-refractivity contribution is 0.0939. The van der Waals surface area contributed by atoms with Crippen LogP contribution in [0.2, 0.25) is 0 Å². The minimum absolute atomic E-state index is 0.0411. The van der Waals surface area contributed by atoms with Crippen LogP contribution in [0.5, 0.6) is 0 Å². The van der Waals surface area contributed by atoms with Gasteiger partial charge < -0.3 is 5.32 Å². The third-order valence-corrected chi connectivity index (χ3v) is 3.38. The number of carbonyl (C=O) groups excluding carboxylic acids is 1. The zero-order valence-electron chi connectivity index (χ0n) is 13.7. The van der Waals surface area contributed by atoms with Crippen molar-refractivity contribution in [1.29, 1.82) is 0 Å². The average Bonchev–Trinajstić information content (AvgIpc) is 2.48. The van der Waals surface area contributed by atoms with Crippen LogP contribution in [0.15, 0.2) is 46.6 Å². The molecule has 0 aromatic heterocycles. The summed E-state index contributed by atoms with van der Waals surface area (Å²) in [4.78, 5) is 11.9. The van der Waals surface area contributed by atoms with E-state index in [4.69, 9.17) is 0 Å². The van der Waals surface area contributed by atoms with Gasteiger partial charge in [0.25, 0.3) is 5.91 Å². The molecule has 0 bridgehead atoms. The van der Waals surface area contributed by atoms with Gasteiger partial charge >= 0.3 is 0 Å². The first-order valence-corrected chi connectivity index (χ1v) is 7.43. The normalized spacial score (nSPS) is 11.2. The number of amides is 1. The smallest absolute Gasteiger partial charge is 0.254 e. The number of nitrogens with one attached hydrogen (secondary N) is 1. The zero-order chi connectivity index (χ0) is 17.0. The van der Waals surface area contributed by atoms with Gasteiger partial charge in [0.05, 0.1) is 11.3 Å². The van der Waals surface area contributed by atoms with Crippen molar-refractivity contribution in [3.8, 4) is 11.1 Å². The van der Waals surface area contributed by atoms with Crippen molar-refractivity contribution in [2.24, 2.45) is 10.2 Å². The molecule has 120 valence electrons. The third kappa shape index (κ3) is 4.00. The minimum Gasteiger partial charge on any atom is -0.350 e. The molecule has 2 aromatic carbocycles. The van der Waals surface area contributed by atoms with Crippen LogP contribution in [0.4, 0.5) is 10.1 Å². The highest BCUT2D eigenvalue weighted by Crippen LogP contribution is 2.28. The van der Waals surface area contributed by atoms with Crippen LogP contribution < -0.4 is 5.32 Å². The fourth-order valence-corrected chi connectivity index (χ4v) is 2.22. The number of benzene rings is 2. The standard InChI is InChI=1S/C18H20FN3O/c1-11(2)21-18(23)15-8-7-13(9-16(15)19)14-6-5-12(3)17(10-14)22-20-4/h5-11H,1-4H3,(H,21,23). The molecule has 5 heteroatoms. The SMILES string of the molecule is CN=Nc1cc(-c2ccc(C(=O)NC(C)C)c(F)c2)ccc1C. The summed E-state index contributed by atoms with van der Waals surface area (Å²) < 4.78 is 14.3. The molecule has 0 atom stereocenters. The summed E-state index contributed by atoms with van der Waals surface area (Å²) in [6.45, 7) is 5.61. The predicted molar refractivity (Wildman–Crippen MR) is 89.6 cm³/mol. The largest absolute Gasteiger partial charge is 0.350 e. The van der Waals surface area contributed by atoms with Crippen molar-refractivity contribution in [2.45, 2.75) is 26.8 Å². The average molecular weight is 313 g/mol. The van der Waals surface area contributed by atoms with Crippen molar-refractivity contribution >= 4 is 11.6 Å². The van der Waals surface area contributed by atoms with E-state index in [-0.39, 0.29) is 11.6 Å². The molecule has 0 spiro atoms. The molecule has 2 rings (SSSR count). The van der Waals surface area contributed by atoms with Crippen LogP contribution in [0.25, 0.3) is 11.1 Å². The highest BCUT2D eigenvalue weighted by molar-refractivity contribution is 5.95. The van der Waals surface area contributed by atoms with Gasteiger partial charge in [-0.15, -0.1) is 0 Å². The Hall–Kier alpha value is -2.56. The van der Waals surface area contributed by atoms with Crippen molar-refractivity contribution in [3.63, 3.8) is 0 Å². The Morgan fingerprint density at radius 1 is 1.13 bits per heavy atom. The molecule has 0 radical (unpaired) electrons. The molecular formula is C18H20FN3O. The predicted octanol–water partition coefficient (Wildman–Crippen LogP) is 4.65. The molecule has 0 aliphatic carbocycles. The van der Waals surface area contributed by atoms with E-state index in [1.807, 2.05) is 39.0 Å². The van der Waals surface area contributed by atoms with Gasteiger partial charge in [-0.1, -0.05) is 18.2 Å². The maximum absolute atomic E-state index is 14.3. The Morgan fingerprint density at radius 3 is 2.39 bits per heavy atom. The monoisotopic (exact) mass is 313 g/mol. The Bertz CT molecular complexity index is 754. The van der Waals surface area contributed by atoms with Crippen molar-refractivity contribution in [2.75, 3.05) is 7.05 Å². The number of carbonyl (C=O) groups is 1. The molecule has 2 aromatic rings. The summed E-state index contributed by atoms with van der Waals surface area (Å²) in [6, 6.07) is 10.2. The van der Waals surface area contributed by atoms with E-state index in [2.05, 4.69) is 15.5 Å². The zero-order valence-corrected chi connectivity index (χ0v) is 13.7. The van der Waals surface area contributed by atoms with E-state index in [0.717, 1.165) is 16.8 Å². The summed E-state index contributed by atoms with van der Waals surface area (Å²) in [5.41, 5.74) is 3.30. The lowest BCUT2D eigenvalue weighted by atomic mass is 10.0. The number of rotatable bonds is 4. The number of halogens is 1. The van der Waals surface area contributed by atoms with Gasteiger partial charge in [-0.3, -0.25) is 4.79 Å². The van der Waals surface area contributed by atoms with Crippen LogP contribution in [-0.4, -0.2) is 19.0 Å². The van der Waals surface area contributed by atoms with Crippen molar-refractivity contribution in [1.82, 2.24) is 5.32 Å². The van der Waals surface area contributed by atoms with E-state index in [9.17, 15) is 9.18 Å². The van der Waals surface area contributed by atoms with Gasteiger partial charge in [-0.05, 0) is 55.7 Å². The highest BCUT2D eigenvalue weighted by atomic mass is 19.1. The van der Waals surface area contributed by atoms with Gasteiger partial charge in [0.2, 0.25) is 0 Å². The molecule has 0 aliphatic heterocycles. The van der Waals surface area contributed by atoms with Gasteiger partial charge in [0.1, 0.15) is 5.82 Å². The second kappa shape index (κ2) is 7.13. The molecular weight excluding hydrogens is 293 g/mol. The van der Waals surface area contributed by atoms with Gasteiger partial charge in [-0.2, -0.15) is 10.2 Å². The molecule has 0 fully saturated rings. The minimum atomic E-state index is -0.542. The third-order valence-electron chi connectivity index (χ3n) is 3.38. The number of nitrogens with zero attached hydrogens (tertiary/aromatic N) is 2. The molecule has 1 amide bonds. The molecule has 0 heterocycles. The molecule has 0 saturated heterocycles. The van der Waals surface area contributed by atoms with E-state index >= 15 is 0 Å². The number of aryl methyl sites for hydroxylation is 1. The first-order valence-electron chi connectivity index (χ1n) is 7.43.